The average Bonchev–Trinajstić information content (AvgIpc) is 2.62. The van der Waals surface area contributed by atoms with Crippen LogP contribution < -0.4 is 5.73 Å². The van der Waals surface area contributed by atoms with Crippen molar-refractivity contribution in [3.05, 3.63) is 33.3 Å². The lowest BCUT2D eigenvalue weighted by atomic mass is 9.98. The van der Waals surface area contributed by atoms with Gasteiger partial charge in [0.2, 0.25) is 0 Å². The lowest BCUT2D eigenvalue weighted by molar-refractivity contribution is 0.267. The van der Waals surface area contributed by atoms with E-state index >= 15 is 0 Å². The number of nitrogens with two attached hydrogens (primary N) is 1. The molecule has 14 heavy (non-hydrogen) atoms. The Bertz CT molecular complexity index is 351. The van der Waals surface area contributed by atoms with Crippen molar-refractivity contribution < 1.29 is 5.11 Å². The Balaban J connectivity index is 2.48. The van der Waals surface area contributed by atoms with Gasteiger partial charge in [0.15, 0.2) is 0 Å². The average molecular weight is 256 g/mol. The molecule has 1 unspecified atom stereocenters. The van der Waals surface area contributed by atoms with Crippen LogP contribution in [0.4, 0.5) is 0 Å². The molecule has 1 aromatic carbocycles. The van der Waals surface area contributed by atoms with Crippen LogP contribution in [0.15, 0.2) is 16.6 Å². The molecule has 1 aromatic rings. The minimum absolute atomic E-state index is 0.0168. The smallest absolute Gasteiger partial charge is 0.0624 e. The number of aryl methyl sites for hydroxylation is 1. The van der Waals surface area contributed by atoms with E-state index in [0.717, 1.165) is 22.9 Å². The van der Waals surface area contributed by atoms with Crippen LogP contribution in [0.2, 0.25) is 0 Å². The predicted octanol–water partition coefficient (Wildman–Crippen LogP) is 1.93. The van der Waals surface area contributed by atoms with E-state index in [2.05, 4.69) is 22.0 Å². The highest BCUT2D eigenvalue weighted by atomic mass is 79.9. The van der Waals surface area contributed by atoms with Crippen molar-refractivity contribution in [3.8, 4) is 0 Å². The Morgan fingerprint density at radius 2 is 2.21 bits per heavy atom. The number of aliphatic hydroxyl groups is 1. The summed E-state index contributed by atoms with van der Waals surface area (Å²) >= 11 is 3.48. The van der Waals surface area contributed by atoms with Gasteiger partial charge in [-0.15, -0.1) is 0 Å². The van der Waals surface area contributed by atoms with Crippen LogP contribution in [0.3, 0.4) is 0 Å². The second kappa shape index (κ2) is 4.01. The minimum atomic E-state index is -0.237. The number of aliphatic hydroxyl groups excluding tert-OH is 1. The van der Waals surface area contributed by atoms with Crippen molar-refractivity contribution in [3.63, 3.8) is 0 Å². The van der Waals surface area contributed by atoms with Crippen LogP contribution in [0, 0.1) is 0 Å². The van der Waals surface area contributed by atoms with E-state index in [-0.39, 0.29) is 12.6 Å². The Labute approximate surface area is 92.3 Å². The highest BCUT2D eigenvalue weighted by Crippen LogP contribution is 2.31. The van der Waals surface area contributed by atoms with E-state index in [4.69, 9.17) is 10.8 Å². The molecular formula is C11H14BrNO. The van der Waals surface area contributed by atoms with Crippen molar-refractivity contribution in [1.29, 1.82) is 0 Å². The summed E-state index contributed by atoms with van der Waals surface area (Å²) in [5.41, 5.74) is 9.71. The van der Waals surface area contributed by atoms with Gasteiger partial charge in [0.05, 0.1) is 12.6 Å². The standard InChI is InChI=1S/C11H14BrNO/c12-8-4-7-2-1-3-9(7)10(5-8)11(13)6-14/h4-5,11,14H,1-3,6,13H2. The molecule has 0 radical (unpaired) electrons. The third kappa shape index (κ3) is 1.72. The number of hydrogen-bond acceptors (Lipinski definition) is 2. The molecule has 0 bridgehead atoms. The van der Waals surface area contributed by atoms with Gasteiger partial charge in [0.25, 0.3) is 0 Å². The van der Waals surface area contributed by atoms with Crippen molar-refractivity contribution >= 4 is 15.9 Å². The van der Waals surface area contributed by atoms with Crippen LogP contribution in [0.1, 0.15) is 29.2 Å². The molecule has 1 atom stereocenters. The lowest BCUT2D eigenvalue weighted by Gasteiger charge is -2.14. The molecule has 0 fully saturated rings. The number of benzene rings is 1. The molecule has 3 heteroatoms. The van der Waals surface area contributed by atoms with Gasteiger partial charge >= 0.3 is 0 Å². The molecule has 0 aromatic heterocycles. The van der Waals surface area contributed by atoms with Gasteiger partial charge in [-0.25, -0.2) is 0 Å². The lowest BCUT2D eigenvalue weighted by Crippen LogP contribution is -2.16. The Morgan fingerprint density at radius 3 is 2.93 bits per heavy atom. The van der Waals surface area contributed by atoms with E-state index in [1.807, 2.05) is 6.07 Å². The van der Waals surface area contributed by atoms with Gasteiger partial charge in [-0.05, 0) is 48.1 Å². The SMILES string of the molecule is NC(CO)c1cc(Br)cc2c1CCC2. The van der Waals surface area contributed by atoms with E-state index in [9.17, 15) is 0 Å². The van der Waals surface area contributed by atoms with Crippen molar-refractivity contribution in [2.45, 2.75) is 25.3 Å². The molecule has 0 amide bonds. The molecular weight excluding hydrogens is 242 g/mol. The fraction of sp³-hybridized carbons (Fsp3) is 0.455. The third-order valence-corrected chi connectivity index (χ3v) is 3.27. The molecule has 0 saturated heterocycles. The van der Waals surface area contributed by atoms with Crippen LogP contribution in [-0.4, -0.2) is 11.7 Å². The first kappa shape index (κ1) is 10.1. The maximum absolute atomic E-state index is 9.07. The van der Waals surface area contributed by atoms with Crippen LogP contribution in [0.5, 0.6) is 0 Å². The van der Waals surface area contributed by atoms with Crippen molar-refractivity contribution in [2.75, 3.05) is 6.61 Å². The van der Waals surface area contributed by atoms with E-state index in [0.29, 0.717) is 0 Å². The molecule has 3 N–H and O–H groups in total. The summed E-state index contributed by atoms with van der Waals surface area (Å²) < 4.78 is 1.07. The normalized spacial score (nSPS) is 16.8. The summed E-state index contributed by atoms with van der Waals surface area (Å²) in [6.07, 6.45) is 3.45. The van der Waals surface area contributed by atoms with Crippen molar-refractivity contribution in [1.82, 2.24) is 0 Å². The fourth-order valence-corrected chi connectivity index (χ4v) is 2.65. The topological polar surface area (TPSA) is 46.2 Å². The van der Waals surface area contributed by atoms with Gasteiger partial charge < -0.3 is 10.8 Å². The highest BCUT2D eigenvalue weighted by Gasteiger charge is 2.18. The summed E-state index contributed by atoms with van der Waals surface area (Å²) in [6.45, 7) is 0.0168. The van der Waals surface area contributed by atoms with Crippen LogP contribution >= 0.6 is 15.9 Å². The zero-order valence-corrected chi connectivity index (χ0v) is 9.55. The van der Waals surface area contributed by atoms with E-state index in [1.165, 1.54) is 17.5 Å². The highest BCUT2D eigenvalue weighted by molar-refractivity contribution is 9.10. The maximum Gasteiger partial charge on any atom is 0.0624 e. The molecule has 0 aliphatic heterocycles. The summed E-state index contributed by atoms with van der Waals surface area (Å²) in [5, 5.41) is 9.07. The minimum Gasteiger partial charge on any atom is -0.394 e. The van der Waals surface area contributed by atoms with Gasteiger partial charge in [-0.2, -0.15) is 0 Å². The molecule has 76 valence electrons. The monoisotopic (exact) mass is 255 g/mol. The summed E-state index contributed by atoms with van der Waals surface area (Å²) in [6, 6.07) is 3.96. The first-order valence-corrected chi connectivity index (χ1v) is 5.69. The van der Waals surface area contributed by atoms with E-state index < -0.39 is 0 Å². The Hall–Kier alpha value is -0.380. The molecule has 0 spiro atoms. The Kier molecular flexibility index (Phi) is 2.91. The molecule has 2 nitrogen and oxygen atoms in total. The number of hydrogen-bond donors (Lipinski definition) is 2. The number of rotatable bonds is 2. The van der Waals surface area contributed by atoms with Crippen molar-refractivity contribution in [2.24, 2.45) is 5.73 Å². The molecule has 0 heterocycles. The largest absolute Gasteiger partial charge is 0.394 e. The molecule has 1 aliphatic carbocycles. The maximum atomic E-state index is 9.07. The zero-order chi connectivity index (χ0) is 10.1. The molecule has 2 rings (SSSR count). The number of fused-ring (bicyclic) bond motifs is 1. The first-order valence-electron chi connectivity index (χ1n) is 4.90. The van der Waals surface area contributed by atoms with E-state index in [1.54, 1.807) is 0 Å². The van der Waals surface area contributed by atoms with Gasteiger partial charge in [0, 0.05) is 4.47 Å². The van der Waals surface area contributed by atoms with Crippen LogP contribution in [0.25, 0.3) is 0 Å². The second-order valence-corrected chi connectivity index (χ2v) is 4.69. The first-order chi connectivity index (χ1) is 6.72. The second-order valence-electron chi connectivity index (χ2n) is 3.78. The zero-order valence-electron chi connectivity index (χ0n) is 7.96. The van der Waals surface area contributed by atoms with Gasteiger partial charge in [0.1, 0.15) is 0 Å². The Morgan fingerprint density at radius 1 is 1.43 bits per heavy atom. The molecule has 0 saturated carbocycles. The quantitative estimate of drug-likeness (QED) is 0.849. The summed E-state index contributed by atoms with van der Waals surface area (Å²) in [5.74, 6) is 0. The fourth-order valence-electron chi connectivity index (χ4n) is 2.13. The van der Waals surface area contributed by atoms with Gasteiger partial charge in [-0.3, -0.25) is 0 Å². The van der Waals surface area contributed by atoms with Gasteiger partial charge in [-0.1, -0.05) is 15.9 Å². The predicted molar refractivity (Wildman–Crippen MR) is 60.2 cm³/mol. The van der Waals surface area contributed by atoms with Crippen LogP contribution in [-0.2, 0) is 12.8 Å². The summed E-state index contributed by atoms with van der Waals surface area (Å²) in [7, 11) is 0. The summed E-state index contributed by atoms with van der Waals surface area (Å²) in [4.78, 5) is 0. The molecule has 1 aliphatic rings. The third-order valence-electron chi connectivity index (χ3n) is 2.81. The number of halogens is 1.